The largest absolute Gasteiger partial charge is 0.207 e. The van der Waals surface area contributed by atoms with E-state index < -0.39 is 0 Å². The van der Waals surface area contributed by atoms with Gasteiger partial charge in [-0.1, -0.05) is 105 Å². The van der Waals surface area contributed by atoms with Crippen molar-refractivity contribution in [3.05, 3.63) is 152 Å². The molecule has 0 radical (unpaired) electrons. The van der Waals surface area contributed by atoms with Gasteiger partial charge in [0, 0.05) is 19.4 Å². The van der Waals surface area contributed by atoms with Gasteiger partial charge in [-0.05, 0) is 70.8 Å². The molecule has 35 heavy (non-hydrogen) atoms. The van der Waals surface area contributed by atoms with Crippen molar-refractivity contribution < 1.29 is 8.78 Å². The Morgan fingerprint density at radius 3 is 1.20 bits per heavy atom. The summed E-state index contributed by atoms with van der Waals surface area (Å²) < 4.78 is 29.4. The molecule has 2 atom stereocenters. The van der Waals surface area contributed by atoms with Crippen molar-refractivity contribution >= 4 is 55.8 Å². The fraction of sp³-hybridized carbons (Fsp3) is 0.0667. The van der Waals surface area contributed by atoms with Crippen LogP contribution in [-0.2, 0) is 0 Å². The molecule has 176 valence electrons. The first-order chi connectivity index (χ1) is 17.0. The van der Waals surface area contributed by atoms with Gasteiger partial charge in [-0.15, -0.1) is 11.8 Å². The molecule has 4 aromatic rings. The van der Waals surface area contributed by atoms with E-state index in [1.807, 2.05) is 72.8 Å². The highest BCUT2D eigenvalue weighted by atomic mass is 79.9. The summed E-state index contributed by atoms with van der Waals surface area (Å²) in [6.07, 6.45) is 8.41. The van der Waals surface area contributed by atoms with Gasteiger partial charge in [0.25, 0.3) is 0 Å². The number of benzene rings is 4. The van der Waals surface area contributed by atoms with Gasteiger partial charge in [0.05, 0.1) is 0 Å². The van der Waals surface area contributed by atoms with Crippen LogP contribution in [0, 0.1) is 11.6 Å². The van der Waals surface area contributed by atoms with Crippen molar-refractivity contribution in [1.29, 1.82) is 0 Å². The van der Waals surface area contributed by atoms with Crippen molar-refractivity contribution in [2.24, 2.45) is 0 Å². The van der Waals surface area contributed by atoms with Gasteiger partial charge in [0.1, 0.15) is 11.6 Å². The quantitative estimate of drug-likeness (QED) is 0.191. The van der Waals surface area contributed by atoms with Crippen LogP contribution in [0.5, 0.6) is 0 Å². The topological polar surface area (TPSA) is 0 Å². The van der Waals surface area contributed by atoms with Gasteiger partial charge >= 0.3 is 0 Å². The van der Waals surface area contributed by atoms with Crippen LogP contribution in [0.15, 0.2) is 118 Å². The fourth-order valence-corrected chi connectivity index (χ4v) is 5.29. The molecule has 4 rings (SSSR count). The minimum absolute atomic E-state index is 0.0520. The molecule has 0 N–H and O–H groups in total. The third-order valence-corrected chi connectivity index (χ3v) is 7.86. The van der Waals surface area contributed by atoms with Crippen LogP contribution in [0.25, 0.3) is 12.2 Å². The standard InChI is InChI=1S/C30H22Br2F2S/c31-25-11-1-21(2-12-25)5-19-29(23-7-15-27(33)16-8-23)35-30(24-9-17-28(34)18-10-24)20-6-22-3-13-26(32)14-4-22/h1-20,29-30H/b19-5-,20-6-. The highest BCUT2D eigenvalue weighted by molar-refractivity contribution is 9.10. The third kappa shape index (κ3) is 7.76. The smallest absolute Gasteiger partial charge is 0.123 e. The Morgan fingerprint density at radius 1 is 0.514 bits per heavy atom. The summed E-state index contributed by atoms with van der Waals surface area (Å²) in [6, 6.07) is 29.4. The van der Waals surface area contributed by atoms with Crippen LogP contribution in [-0.4, -0.2) is 0 Å². The first-order valence-electron chi connectivity index (χ1n) is 11.0. The second-order valence-electron chi connectivity index (χ2n) is 7.90. The Hall–Kier alpha value is -2.47. The van der Waals surface area contributed by atoms with Crippen molar-refractivity contribution in [1.82, 2.24) is 0 Å². The third-order valence-electron chi connectivity index (χ3n) is 5.36. The molecule has 0 nitrogen and oxygen atoms in total. The zero-order valence-electron chi connectivity index (χ0n) is 18.6. The van der Waals surface area contributed by atoms with Gasteiger partial charge < -0.3 is 0 Å². The van der Waals surface area contributed by atoms with E-state index in [0.29, 0.717) is 0 Å². The molecule has 0 saturated heterocycles. The Bertz CT molecular complexity index is 1180. The molecule has 0 bridgehead atoms. The van der Waals surface area contributed by atoms with E-state index in [0.717, 1.165) is 31.2 Å². The predicted octanol–water partition coefficient (Wildman–Crippen LogP) is 10.4. The van der Waals surface area contributed by atoms with Crippen LogP contribution < -0.4 is 0 Å². The average molecular weight is 612 g/mol. The number of rotatable bonds is 8. The Morgan fingerprint density at radius 2 is 0.857 bits per heavy atom. The molecule has 0 saturated carbocycles. The molecular weight excluding hydrogens is 590 g/mol. The van der Waals surface area contributed by atoms with Crippen LogP contribution in [0.3, 0.4) is 0 Å². The lowest BCUT2D eigenvalue weighted by Gasteiger charge is -2.20. The molecule has 5 heteroatoms. The molecule has 2 unspecified atom stereocenters. The van der Waals surface area contributed by atoms with E-state index in [1.165, 1.54) is 24.3 Å². The van der Waals surface area contributed by atoms with Gasteiger partial charge in [0.2, 0.25) is 0 Å². The summed E-state index contributed by atoms with van der Waals surface area (Å²) in [5.41, 5.74) is 4.14. The Labute approximate surface area is 226 Å². The van der Waals surface area contributed by atoms with Crippen molar-refractivity contribution in [2.75, 3.05) is 0 Å². The highest BCUT2D eigenvalue weighted by Gasteiger charge is 2.17. The van der Waals surface area contributed by atoms with E-state index in [4.69, 9.17) is 0 Å². The van der Waals surface area contributed by atoms with Gasteiger partial charge in [-0.3, -0.25) is 0 Å². The zero-order chi connectivity index (χ0) is 24.6. The van der Waals surface area contributed by atoms with Crippen LogP contribution in [0.4, 0.5) is 8.78 Å². The molecule has 0 heterocycles. The van der Waals surface area contributed by atoms with Gasteiger partial charge in [-0.25, -0.2) is 8.78 Å². The van der Waals surface area contributed by atoms with E-state index in [1.54, 1.807) is 11.8 Å². The van der Waals surface area contributed by atoms with Crippen molar-refractivity contribution in [3.8, 4) is 0 Å². The summed E-state index contributed by atoms with van der Waals surface area (Å²) >= 11 is 8.66. The Balaban J connectivity index is 1.67. The van der Waals surface area contributed by atoms with Crippen LogP contribution in [0.1, 0.15) is 32.8 Å². The van der Waals surface area contributed by atoms with E-state index >= 15 is 0 Å². The Kier molecular flexibility index (Phi) is 9.13. The predicted molar refractivity (Wildman–Crippen MR) is 152 cm³/mol. The summed E-state index contributed by atoms with van der Waals surface area (Å²) in [4.78, 5) is 0. The maximum absolute atomic E-state index is 13.7. The second-order valence-corrected chi connectivity index (χ2v) is 11.0. The van der Waals surface area contributed by atoms with Gasteiger partial charge in [0.15, 0.2) is 0 Å². The zero-order valence-corrected chi connectivity index (χ0v) is 22.6. The fourth-order valence-electron chi connectivity index (χ4n) is 3.48. The number of hydrogen-bond donors (Lipinski definition) is 0. The lowest BCUT2D eigenvalue weighted by atomic mass is 10.1. The van der Waals surface area contributed by atoms with Crippen molar-refractivity contribution in [3.63, 3.8) is 0 Å². The maximum atomic E-state index is 13.7. The molecule has 0 spiro atoms. The lowest BCUT2D eigenvalue weighted by Crippen LogP contribution is -1.98. The normalized spacial score (nSPS) is 13.4. The summed E-state index contributed by atoms with van der Waals surface area (Å²) in [5, 5.41) is -0.104. The maximum Gasteiger partial charge on any atom is 0.123 e. The molecular formula is C30H22Br2F2S. The van der Waals surface area contributed by atoms with E-state index in [-0.39, 0.29) is 22.1 Å². The number of thioether (sulfide) groups is 1. The van der Waals surface area contributed by atoms with Crippen LogP contribution >= 0.6 is 43.6 Å². The molecule has 4 aromatic carbocycles. The van der Waals surface area contributed by atoms with E-state index in [2.05, 4.69) is 56.2 Å². The SMILES string of the molecule is Fc1ccc(C(/C=C\c2ccc(Br)cc2)SC(/C=C\c2ccc(Br)cc2)c2ccc(F)cc2)cc1. The van der Waals surface area contributed by atoms with Crippen molar-refractivity contribution in [2.45, 2.75) is 10.5 Å². The second kappa shape index (κ2) is 12.5. The first kappa shape index (κ1) is 25.6. The minimum atomic E-state index is -0.264. The number of halogens is 4. The molecule has 0 aromatic heterocycles. The molecule has 0 aliphatic heterocycles. The average Bonchev–Trinajstić information content (AvgIpc) is 2.87. The van der Waals surface area contributed by atoms with Crippen LogP contribution in [0.2, 0.25) is 0 Å². The summed E-state index contributed by atoms with van der Waals surface area (Å²) in [7, 11) is 0. The molecule has 0 aliphatic rings. The number of hydrogen-bond acceptors (Lipinski definition) is 1. The minimum Gasteiger partial charge on any atom is -0.207 e. The molecule has 0 amide bonds. The summed E-state index contributed by atoms with van der Waals surface area (Å²) in [5.74, 6) is -0.529. The van der Waals surface area contributed by atoms with Gasteiger partial charge in [-0.2, -0.15) is 0 Å². The first-order valence-corrected chi connectivity index (χ1v) is 13.5. The summed E-state index contributed by atoms with van der Waals surface area (Å²) in [6.45, 7) is 0. The lowest BCUT2D eigenvalue weighted by molar-refractivity contribution is 0.627. The molecule has 0 aliphatic carbocycles. The van der Waals surface area contributed by atoms with E-state index in [9.17, 15) is 8.78 Å². The monoisotopic (exact) mass is 610 g/mol. The highest BCUT2D eigenvalue weighted by Crippen LogP contribution is 2.43. The molecule has 0 fully saturated rings.